The van der Waals surface area contributed by atoms with Crippen molar-refractivity contribution in [3.8, 4) is 0 Å². The molecule has 148 valence electrons. The molecule has 0 bridgehead atoms. The molecule has 1 aliphatic rings. The first kappa shape index (κ1) is 18.9. The third-order valence-corrected chi connectivity index (χ3v) is 5.04. The fourth-order valence-electron chi connectivity index (χ4n) is 3.44. The first-order chi connectivity index (χ1) is 14.3. The van der Waals surface area contributed by atoms with Crippen molar-refractivity contribution < 1.29 is 4.79 Å². The molecule has 1 saturated heterocycles. The monoisotopic (exact) mass is 387 g/mol. The van der Waals surface area contributed by atoms with Crippen LogP contribution in [0.3, 0.4) is 0 Å². The highest BCUT2D eigenvalue weighted by Crippen LogP contribution is 2.23. The van der Waals surface area contributed by atoms with Crippen LogP contribution in [0.1, 0.15) is 28.9 Å². The van der Waals surface area contributed by atoms with Crippen molar-refractivity contribution in [1.82, 2.24) is 15.3 Å². The molecule has 0 radical (unpaired) electrons. The first-order valence-corrected chi connectivity index (χ1v) is 10.0. The van der Waals surface area contributed by atoms with E-state index in [0.29, 0.717) is 18.1 Å². The van der Waals surface area contributed by atoms with E-state index >= 15 is 0 Å². The van der Waals surface area contributed by atoms with Crippen molar-refractivity contribution in [2.45, 2.75) is 19.3 Å². The molecule has 0 unspecified atom stereocenters. The molecule has 3 aromatic rings. The number of nitrogens with one attached hydrogen (secondary N) is 2. The van der Waals surface area contributed by atoms with Crippen LogP contribution in [0, 0.1) is 0 Å². The summed E-state index contributed by atoms with van der Waals surface area (Å²) in [5.74, 6) is 0.398. The molecule has 4 rings (SSSR count). The van der Waals surface area contributed by atoms with E-state index < -0.39 is 0 Å². The fourth-order valence-corrected chi connectivity index (χ4v) is 3.44. The second-order valence-corrected chi connectivity index (χ2v) is 7.14. The number of rotatable bonds is 7. The van der Waals surface area contributed by atoms with Gasteiger partial charge in [-0.2, -0.15) is 0 Å². The zero-order chi connectivity index (χ0) is 19.9. The van der Waals surface area contributed by atoms with E-state index in [1.807, 2.05) is 42.5 Å². The summed E-state index contributed by atoms with van der Waals surface area (Å²) in [5, 5.41) is 6.11. The van der Waals surface area contributed by atoms with E-state index in [-0.39, 0.29) is 5.91 Å². The summed E-state index contributed by atoms with van der Waals surface area (Å²) in [5.41, 5.74) is 3.70. The van der Waals surface area contributed by atoms with Gasteiger partial charge in [0.15, 0.2) is 0 Å². The quantitative estimate of drug-likeness (QED) is 0.645. The zero-order valence-electron chi connectivity index (χ0n) is 16.3. The van der Waals surface area contributed by atoms with Crippen molar-refractivity contribution in [3.63, 3.8) is 0 Å². The average molecular weight is 387 g/mol. The Morgan fingerprint density at radius 1 is 0.931 bits per heavy atom. The molecule has 0 atom stereocenters. The molecule has 1 aliphatic heterocycles. The Morgan fingerprint density at radius 2 is 1.69 bits per heavy atom. The molecule has 1 aromatic heterocycles. The van der Waals surface area contributed by atoms with Gasteiger partial charge < -0.3 is 15.5 Å². The van der Waals surface area contributed by atoms with Crippen LogP contribution in [0.4, 0.5) is 17.2 Å². The molecule has 1 fully saturated rings. The highest BCUT2D eigenvalue weighted by molar-refractivity contribution is 5.92. The number of amides is 1. The lowest BCUT2D eigenvalue weighted by Crippen LogP contribution is -2.26. The number of aromatic nitrogens is 2. The van der Waals surface area contributed by atoms with Crippen LogP contribution in [-0.2, 0) is 6.42 Å². The third-order valence-electron chi connectivity index (χ3n) is 5.04. The summed E-state index contributed by atoms with van der Waals surface area (Å²) in [4.78, 5) is 23.2. The Balaban J connectivity index is 1.28. The largest absolute Gasteiger partial charge is 0.372 e. The van der Waals surface area contributed by atoms with E-state index in [0.717, 1.165) is 25.2 Å². The van der Waals surface area contributed by atoms with Crippen molar-refractivity contribution in [1.29, 1.82) is 0 Å². The lowest BCUT2D eigenvalue weighted by atomic mass is 10.1. The van der Waals surface area contributed by atoms with Gasteiger partial charge in [0.05, 0.1) is 12.4 Å². The van der Waals surface area contributed by atoms with Crippen molar-refractivity contribution in [3.05, 3.63) is 78.2 Å². The summed E-state index contributed by atoms with van der Waals surface area (Å²) in [6, 6.07) is 18.4. The van der Waals surface area contributed by atoms with E-state index in [9.17, 15) is 4.79 Å². The van der Waals surface area contributed by atoms with Gasteiger partial charge in [-0.25, -0.2) is 9.97 Å². The second kappa shape index (κ2) is 9.19. The van der Waals surface area contributed by atoms with Gasteiger partial charge in [-0.05, 0) is 49.1 Å². The predicted molar refractivity (Wildman–Crippen MR) is 116 cm³/mol. The summed E-state index contributed by atoms with van der Waals surface area (Å²) >= 11 is 0. The van der Waals surface area contributed by atoms with Gasteiger partial charge in [-0.15, -0.1) is 0 Å². The maximum Gasteiger partial charge on any atom is 0.271 e. The Labute approximate surface area is 171 Å². The highest BCUT2D eigenvalue weighted by Gasteiger charge is 2.12. The fraction of sp³-hybridized carbons (Fsp3) is 0.261. The van der Waals surface area contributed by atoms with Gasteiger partial charge in [0.2, 0.25) is 0 Å². The number of nitrogens with zero attached hydrogens (tertiary/aromatic N) is 3. The highest BCUT2D eigenvalue weighted by atomic mass is 16.1. The number of anilines is 3. The standard InChI is InChI=1S/C23H25N5O/c29-23(24-13-12-18-6-2-1-3-7-18)21-16-26-22(17-25-21)27-19-8-10-20(11-9-19)28-14-4-5-15-28/h1-3,6-11,16-17H,4-5,12-15H2,(H,24,29)(H,26,27). The molecule has 2 heterocycles. The van der Waals surface area contributed by atoms with Crippen molar-refractivity contribution in [2.24, 2.45) is 0 Å². The number of carbonyl (C=O) groups is 1. The van der Waals surface area contributed by atoms with Gasteiger partial charge in [0.1, 0.15) is 11.5 Å². The molecular weight excluding hydrogens is 362 g/mol. The maximum atomic E-state index is 12.2. The van der Waals surface area contributed by atoms with Crippen molar-refractivity contribution >= 4 is 23.1 Å². The Bertz CT molecular complexity index is 920. The summed E-state index contributed by atoms with van der Waals surface area (Å²) in [7, 11) is 0. The number of hydrogen-bond acceptors (Lipinski definition) is 5. The van der Waals surface area contributed by atoms with Crippen molar-refractivity contribution in [2.75, 3.05) is 29.9 Å². The summed E-state index contributed by atoms with van der Waals surface area (Å²) in [6.45, 7) is 2.83. The van der Waals surface area contributed by atoms with E-state index in [2.05, 4.69) is 37.6 Å². The van der Waals surface area contributed by atoms with Crippen LogP contribution in [-0.4, -0.2) is 35.5 Å². The molecule has 6 nitrogen and oxygen atoms in total. The lowest BCUT2D eigenvalue weighted by molar-refractivity contribution is 0.0949. The Hall–Kier alpha value is -3.41. The molecular formula is C23H25N5O. The van der Waals surface area contributed by atoms with E-state index in [1.165, 1.54) is 30.3 Å². The molecule has 2 N–H and O–H groups in total. The molecule has 6 heteroatoms. The normalized spacial score (nSPS) is 13.3. The SMILES string of the molecule is O=C(NCCc1ccccc1)c1cnc(Nc2ccc(N3CCCC3)cc2)cn1. The minimum absolute atomic E-state index is 0.213. The third kappa shape index (κ3) is 5.10. The van der Waals surface area contributed by atoms with E-state index in [1.54, 1.807) is 6.20 Å². The van der Waals surface area contributed by atoms with Crippen LogP contribution in [0.15, 0.2) is 67.0 Å². The molecule has 1 amide bonds. The summed E-state index contributed by atoms with van der Waals surface area (Å²) < 4.78 is 0. The minimum atomic E-state index is -0.213. The minimum Gasteiger partial charge on any atom is -0.372 e. The first-order valence-electron chi connectivity index (χ1n) is 10.0. The van der Waals surface area contributed by atoms with Crippen LogP contribution >= 0.6 is 0 Å². The predicted octanol–water partition coefficient (Wildman–Crippen LogP) is 3.79. The number of carbonyl (C=O) groups excluding carboxylic acids is 1. The smallest absolute Gasteiger partial charge is 0.271 e. The van der Waals surface area contributed by atoms with Gasteiger partial charge in [-0.3, -0.25) is 4.79 Å². The van der Waals surface area contributed by atoms with Crippen LogP contribution in [0.2, 0.25) is 0 Å². The number of hydrogen-bond donors (Lipinski definition) is 2. The molecule has 0 spiro atoms. The Kier molecular flexibility index (Phi) is 6.00. The lowest BCUT2D eigenvalue weighted by Gasteiger charge is -2.17. The molecule has 0 saturated carbocycles. The Morgan fingerprint density at radius 3 is 2.38 bits per heavy atom. The maximum absolute atomic E-state index is 12.2. The van der Waals surface area contributed by atoms with Gasteiger partial charge >= 0.3 is 0 Å². The van der Waals surface area contributed by atoms with Gasteiger partial charge in [0.25, 0.3) is 5.91 Å². The van der Waals surface area contributed by atoms with E-state index in [4.69, 9.17) is 0 Å². The van der Waals surface area contributed by atoms with Gasteiger partial charge in [-0.1, -0.05) is 30.3 Å². The summed E-state index contributed by atoms with van der Waals surface area (Å²) in [6.07, 6.45) is 6.40. The zero-order valence-corrected chi connectivity index (χ0v) is 16.3. The molecule has 2 aromatic carbocycles. The molecule has 29 heavy (non-hydrogen) atoms. The molecule has 0 aliphatic carbocycles. The van der Waals surface area contributed by atoms with Gasteiger partial charge in [0, 0.05) is 31.0 Å². The number of benzene rings is 2. The van der Waals surface area contributed by atoms with Crippen LogP contribution in [0.5, 0.6) is 0 Å². The van der Waals surface area contributed by atoms with Crippen LogP contribution < -0.4 is 15.5 Å². The average Bonchev–Trinajstić information content (AvgIpc) is 3.30. The van der Waals surface area contributed by atoms with Crippen LogP contribution in [0.25, 0.3) is 0 Å². The topological polar surface area (TPSA) is 70.2 Å². The second-order valence-electron chi connectivity index (χ2n) is 7.14.